The lowest BCUT2D eigenvalue weighted by Gasteiger charge is -2.32. The van der Waals surface area contributed by atoms with Gasteiger partial charge in [0.15, 0.2) is 11.7 Å². The summed E-state index contributed by atoms with van der Waals surface area (Å²) in [4.78, 5) is 18.7. The second-order valence-corrected chi connectivity index (χ2v) is 6.93. The fourth-order valence-corrected chi connectivity index (χ4v) is 3.38. The number of carbonyl (C=O) groups excluding carboxylic acids is 1. The highest BCUT2D eigenvalue weighted by atomic mass is 19.1. The Labute approximate surface area is 157 Å². The SMILES string of the molecule is CCCN1CCC(NC(=O)CCc2ncc(-c3ccc(F)cc3F)o2)CC1. The van der Waals surface area contributed by atoms with Gasteiger partial charge < -0.3 is 14.6 Å². The number of benzene rings is 1. The molecule has 1 aliphatic heterocycles. The molecule has 3 rings (SSSR count). The Morgan fingerprint density at radius 3 is 2.81 bits per heavy atom. The molecular formula is C20H25F2N3O2. The maximum absolute atomic E-state index is 13.8. The van der Waals surface area contributed by atoms with E-state index in [1.54, 1.807) is 0 Å². The molecular weight excluding hydrogens is 352 g/mol. The van der Waals surface area contributed by atoms with E-state index < -0.39 is 11.6 Å². The molecule has 1 fully saturated rings. The number of likely N-dealkylation sites (tertiary alicyclic amines) is 1. The number of halogens is 2. The molecule has 2 aromatic rings. The minimum atomic E-state index is -0.704. The van der Waals surface area contributed by atoms with Gasteiger partial charge in [-0.2, -0.15) is 0 Å². The molecule has 0 radical (unpaired) electrons. The fourth-order valence-electron chi connectivity index (χ4n) is 3.38. The molecule has 1 amide bonds. The fraction of sp³-hybridized carbons (Fsp3) is 0.500. The molecule has 1 aliphatic rings. The monoisotopic (exact) mass is 377 g/mol. The number of aryl methyl sites for hydroxylation is 1. The first-order chi connectivity index (χ1) is 13.0. The molecule has 1 saturated heterocycles. The number of piperidine rings is 1. The number of hydrogen-bond acceptors (Lipinski definition) is 4. The van der Waals surface area contributed by atoms with E-state index in [-0.39, 0.29) is 29.7 Å². The molecule has 7 heteroatoms. The standard InChI is InChI=1S/C20H25F2N3O2/c1-2-9-25-10-7-15(8-11-25)24-19(26)5-6-20-23-13-18(27-20)16-4-3-14(21)12-17(16)22/h3-4,12-13,15H,2,5-11H2,1H3,(H,24,26). The van der Waals surface area contributed by atoms with E-state index in [0.29, 0.717) is 12.3 Å². The highest BCUT2D eigenvalue weighted by molar-refractivity contribution is 5.76. The van der Waals surface area contributed by atoms with E-state index in [4.69, 9.17) is 4.42 Å². The van der Waals surface area contributed by atoms with E-state index in [2.05, 4.69) is 22.1 Å². The van der Waals surface area contributed by atoms with Crippen molar-refractivity contribution in [3.05, 3.63) is 41.9 Å². The molecule has 2 heterocycles. The molecule has 0 unspecified atom stereocenters. The van der Waals surface area contributed by atoms with Crippen LogP contribution in [0.25, 0.3) is 11.3 Å². The Morgan fingerprint density at radius 1 is 1.33 bits per heavy atom. The zero-order valence-electron chi connectivity index (χ0n) is 15.5. The van der Waals surface area contributed by atoms with Gasteiger partial charge in [-0.05, 0) is 37.9 Å². The van der Waals surface area contributed by atoms with Gasteiger partial charge in [0.1, 0.15) is 11.6 Å². The number of hydrogen-bond donors (Lipinski definition) is 1. The highest BCUT2D eigenvalue weighted by Gasteiger charge is 2.20. The van der Waals surface area contributed by atoms with E-state index in [9.17, 15) is 13.6 Å². The minimum absolute atomic E-state index is 0.0309. The summed E-state index contributed by atoms with van der Waals surface area (Å²) in [7, 11) is 0. The second-order valence-electron chi connectivity index (χ2n) is 6.93. The Balaban J connectivity index is 1.46. The molecule has 0 atom stereocenters. The highest BCUT2D eigenvalue weighted by Crippen LogP contribution is 2.24. The zero-order valence-corrected chi connectivity index (χ0v) is 15.5. The lowest BCUT2D eigenvalue weighted by molar-refractivity contribution is -0.122. The molecule has 146 valence electrons. The number of amides is 1. The summed E-state index contributed by atoms with van der Waals surface area (Å²) in [6.45, 7) is 5.32. The number of nitrogens with one attached hydrogen (secondary N) is 1. The van der Waals surface area contributed by atoms with Crippen LogP contribution in [0.2, 0.25) is 0 Å². The average Bonchev–Trinajstić information content (AvgIpc) is 3.10. The zero-order chi connectivity index (χ0) is 19.2. The van der Waals surface area contributed by atoms with Crippen LogP contribution in [0.1, 0.15) is 38.5 Å². The third-order valence-electron chi connectivity index (χ3n) is 4.81. The van der Waals surface area contributed by atoms with Gasteiger partial charge in [0, 0.05) is 38.0 Å². The molecule has 5 nitrogen and oxygen atoms in total. The van der Waals surface area contributed by atoms with E-state index in [0.717, 1.165) is 45.0 Å². The molecule has 0 bridgehead atoms. The van der Waals surface area contributed by atoms with Crippen molar-refractivity contribution >= 4 is 5.91 Å². The third kappa shape index (κ3) is 5.35. The van der Waals surface area contributed by atoms with Crippen molar-refractivity contribution in [2.24, 2.45) is 0 Å². The van der Waals surface area contributed by atoms with Crippen LogP contribution in [0.15, 0.2) is 28.8 Å². The Hall–Kier alpha value is -2.28. The number of rotatable bonds is 7. The first-order valence-corrected chi connectivity index (χ1v) is 9.47. The quantitative estimate of drug-likeness (QED) is 0.802. The number of aromatic nitrogens is 1. The van der Waals surface area contributed by atoms with Crippen molar-refractivity contribution in [3.63, 3.8) is 0 Å². The topological polar surface area (TPSA) is 58.4 Å². The molecule has 0 aliphatic carbocycles. The summed E-state index contributed by atoms with van der Waals surface area (Å²) in [5, 5.41) is 3.07. The van der Waals surface area contributed by atoms with Crippen LogP contribution in [0.5, 0.6) is 0 Å². The van der Waals surface area contributed by atoms with Crippen LogP contribution in [0.4, 0.5) is 8.78 Å². The van der Waals surface area contributed by atoms with Crippen LogP contribution in [0.3, 0.4) is 0 Å². The largest absolute Gasteiger partial charge is 0.441 e. The third-order valence-corrected chi connectivity index (χ3v) is 4.81. The average molecular weight is 377 g/mol. The van der Waals surface area contributed by atoms with Gasteiger partial charge in [0.2, 0.25) is 5.91 Å². The molecule has 27 heavy (non-hydrogen) atoms. The van der Waals surface area contributed by atoms with Crippen molar-refractivity contribution in [1.82, 2.24) is 15.2 Å². The van der Waals surface area contributed by atoms with Crippen LogP contribution in [0, 0.1) is 11.6 Å². The van der Waals surface area contributed by atoms with Gasteiger partial charge in [0.25, 0.3) is 0 Å². The van der Waals surface area contributed by atoms with Gasteiger partial charge >= 0.3 is 0 Å². The number of oxazole rings is 1. The molecule has 1 aromatic carbocycles. The minimum Gasteiger partial charge on any atom is -0.441 e. The van der Waals surface area contributed by atoms with Gasteiger partial charge in [-0.1, -0.05) is 6.92 Å². The normalized spacial score (nSPS) is 15.8. The molecule has 0 saturated carbocycles. The van der Waals surface area contributed by atoms with E-state index in [1.165, 1.54) is 18.3 Å². The Bertz CT molecular complexity index is 770. The smallest absolute Gasteiger partial charge is 0.220 e. The van der Waals surface area contributed by atoms with Crippen LogP contribution >= 0.6 is 0 Å². The lowest BCUT2D eigenvalue weighted by atomic mass is 10.0. The van der Waals surface area contributed by atoms with E-state index in [1.807, 2.05) is 0 Å². The lowest BCUT2D eigenvalue weighted by Crippen LogP contribution is -2.44. The van der Waals surface area contributed by atoms with Crippen molar-refractivity contribution in [2.45, 2.75) is 45.1 Å². The van der Waals surface area contributed by atoms with Crippen molar-refractivity contribution < 1.29 is 18.0 Å². The van der Waals surface area contributed by atoms with Gasteiger partial charge in [0.05, 0.1) is 11.8 Å². The van der Waals surface area contributed by atoms with Gasteiger partial charge in [-0.3, -0.25) is 4.79 Å². The summed E-state index contributed by atoms with van der Waals surface area (Å²) in [5.41, 5.74) is 0.151. The van der Waals surface area contributed by atoms with Crippen LogP contribution in [-0.4, -0.2) is 41.5 Å². The maximum atomic E-state index is 13.8. The van der Waals surface area contributed by atoms with Gasteiger partial charge in [-0.15, -0.1) is 0 Å². The van der Waals surface area contributed by atoms with Crippen LogP contribution in [-0.2, 0) is 11.2 Å². The van der Waals surface area contributed by atoms with Crippen molar-refractivity contribution in [1.29, 1.82) is 0 Å². The predicted octanol–water partition coefficient (Wildman–Crippen LogP) is 3.54. The first kappa shape index (κ1) is 19.5. The summed E-state index contributed by atoms with van der Waals surface area (Å²) in [6.07, 6.45) is 5.09. The van der Waals surface area contributed by atoms with Crippen LogP contribution < -0.4 is 5.32 Å². The van der Waals surface area contributed by atoms with Crippen molar-refractivity contribution in [3.8, 4) is 11.3 Å². The second kappa shape index (κ2) is 9.08. The maximum Gasteiger partial charge on any atom is 0.220 e. The van der Waals surface area contributed by atoms with Crippen molar-refractivity contribution in [2.75, 3.05) is 19.6 Å². The van der Waals surface area contributed by atoms with Gasteiger partial charge in [-0.25, -0.2) is 13.8 Å². The molecule has 1 aromatic heterocycles. The molecule has 1 N–H and O–H groups in total. The van der Waals surface area contributed by atoms with E-state index >= 15 is 0 Å². The summed E-state index contributed by atoms with van der Waals surface area (Å²) in [6, 6.07) is 3.50. The number of carbonyl (C=O) groups is 1. The summed E-state index contributed by atoms with van der Waals surface area (Å²) in [5.74, 6) is -0.789. The number of nitrogens with zero attached hydrogens (tertiary/aromatic N) is 2. The summed E-state index contributed by atoms with van der Waals surface area (Å²) < 4.78 is 32.3. The predicted molar refractivity (Wildman–Crippen MR) is 98.1 cm³/mol. The summed E-state index contributed by atoms with van der Waals surface area (Å²) >= 11 is 0. The first-order valence-electron chi connectivity index (χ1n) is 9.47. The molecule has 0 spiro atoms. The Kier molecular flexibility index (Phi) is 6.55. The Morgan fingerprint density at radius 2 is 2.11 bits per heavy atom.